The molecule has 0 atom stereocenters. The lowest BCUT2D eigenvalue weighted by Crippen LogP contribution is -2.37. The number of carbonyl (C=O) groups excluding carboxylic acids is 1. The summed E-state index contributed by atoms with van der Waals surface area (Å²) < 4.78 is 0. The minimum Gasteiger partial charge on any atom is -0.335 e. The van der Waals surface area contributed by atoms with Crippen LogP contribution in [0.2, 0.25) is 0 Å². The summed E-state index contributed by atoms with van der Waals surface area (Å²) in [5.74, 6) is 0.00310. The molecule has 1 amide bonds. The van der Waals surface area contributed by atoms with Crippen molar-refractivity contribution < 1.29 is 4.79 Å². The van der Waals surface area contributed by atoms with Crippen molar-refractivity contribution in [3.05, 3.63) is 34.9 Å². The summed E-state index contributed by atoms with van der Waals surface area (Å²) in [4.78, 5) is 14.1. The second-order valence-corrected chi connectivity index (χ2v) is 4.80. The van der Waals surface area contributed by atoms with Gasteiger partial charge in [-0.2, -0.15) is 5.26 Å². The van der Waals surface area contributed by atoms with Crippen LogP contribution in [0, 0.1) is 25.2 Å². The first-order valence-corrected chi connectivity index (χ1v) is 6.22. The zero-order chi connectivity index (χ0) is 13.7. The molecule has 0 heterocycles. The number of nitriles is 1. The van der Waals surface area contributed by atoms with E-state index in [1.807, 2.05) is 45.9 Å². The smallest absolute Gasteiger partial charge is 0.254 e. The van der Waals surface area contributed by atoms with Gasteiger partial charge in [-0.15, -0.1) is 0 Å². The molecule has 0 unspecified atom stereocenters. The van der Waals surface area contributed by atoms with Gasteiger partial charge in [0.15, 0.2) is 0 Å². The lowest BCUT2D eigenvalue weighted by atomic mass is 10.0. The molecule has 1 aromatic carbocycles. The Labute approximate surface area is 109 Å². The van der Waals surface area contributed by atoms with E-state index in [0.717, 1.165) is 5.56 Å². The molecule has 0 aliphatic carbocycles. The van der Waals surface area contributed by atoms with Crippen molar-refractivity contribution in [3.8, 4) is 6.07 Å². The van der Waals surface area contributed by atoms with Crippen molar-refractivity contribution in [2.75, 3.05) is 6.54 Å². The third-order valence-corrected chi connectivity index (χ3v) is 3.10. The molecule has 18 heavy (non-hydrogen) atoms. The van der Waals surface area contributed by atoms with Crippen LogP contribution in [0.1, 0.15) is 41.8 Å². The highest BCUT2D eigenvalue weighted by Crippen LogP contribution is 2.14. The maximum Gasteiger partial charge on any atom is 0.254 e. The molecule has 0 saturated heterocycles. The van der Waals surface area contributed by atoms with Gasteiger partial charge in [-0.1, -0.05) is 6.07 Å². The van der Waals surface area contributed by atoms with Gasteiger partial charge in [0.25, 0.3) is 5.91 Å². The van der Waals surface area contributed by atoms with Crippen LogP contribution in [0.25, 0.3) is 0 Å². The van der Waals surface area contributed by atoms with Crippen LogP contribution in [-0.4, -0.2) is 23.4 Å². The molecule has 0 aliphatic rings. The Morgan fingerprint density at radius 3 is 2.50 bits per heavy atom. The molecule has 1 aromatic rings. The Morgan fingerprint density at radius 1 is 1.33 bits per heavy atom. The van der Waals surface area contributed by atoms with Gasteiger partial charge in [-0.05, 0) is 51.0 Å². The fraction of sp³-hybridized carbons (Fsp3) is 0.467. The van der Waals surface area contributed by atoms with Gasteiger partial charge in [0.05, 0.1) is 12.5 Å². The molecule has 0 radical (unpaired) electrons. The van der Waals surface area contributed by atoms with E-state index in [9.17, 15) is 4.79 Å². The predicted molar refractivity (Wildman–Crippen MR) is 72.3 cm³/mol. The molecule has 0 aromatic heterocycles. The number of nitrogens with zero attached hydrogens (tertiary/aromatic N) is 2. The monoisotopic (exact) mass is 244 g/mol. The van der Waals surface area contributed by atoms with Crippen molar-refractivity contribution >= 4 is 5.91 Å². The Hall–Kier alpha value is -1.82. The second kappa shape index (κ2) is 6.20. The maximum absolute atomic E-state index is 12.4. The van der Waals surface area contributed by atoms with Crippen LogP contribution in [0.15, 0.2) is 18.2 Å². The minimum absolute atomic E-state index is 0.00310. The van der Waals surface area contributed by atoms with E-state index in [-0.39, 0.29) is 11.9 Å². The largest absolute Gasteiger partial charge is 0.335 e. The van der Waals surface area contributed by atoms with Gasteiger partial charge in [0, 0.05) is 18.2 Å². The standard InChI is InChI=1S/C15H20N2O/c1-11(2)17(9-5-8-16)15(18)14-7-6-12(3)13(4)10-14/h6-7,10-11H,5,9H2,1-4H3. The summed E-state index contributed by atoms with van der Waals surface area (Å²) in [5, 5.41) is 8.64. The van der Waals surface area contributed by atoms with E-state index in [0.29, 0.717) is 18.5 Å². The third-order valence-electron chi connectivity index (χ3n) is 3.10. The lowest BCUT2D eigenvalue weighted by Gasteiger charge is -2.26. The molecule has 0 saturated carbocycles. The van der Waals surface area contributed by atoms with Crippen molar-refractivity contribution in [3.63, 3.8) is 0 Å². The molecule has 96 valence electrons. The summed E-state index contributed by atoms with van der Waals surface area (Å²) >= 11 is 0. The van der Waals surface area contributed by atoms with Gasteiger partial charge in [-0.25, -0.2) is 0 Å². The number of rotatable bonds is 4. The number of hydrogen-bond donors (Lipinski definition) is 0. The molecule has 3 heteroatoms. The Balaban J connectivity index is 2.95. The summed E-state index contributed by atoms with van der Waals surface area (Å²) in [6.45, 7) is 8.45. The van der Waals surface area contributed by atoms with E-state index >= 15 is 0 Å². The van der Waals surface area contributed by atoms with Gasteiger partial charge in [0.2, 0.25) is 0 Å². The quantitative estimate of drug-likeness (QED) is 0.817. The summed E-state index contributed by atoms with van der Waals surface area (Å²) in [5.41, 5.74) is 2.99. The molecule has 0 spiro atoms. The van der Waals surface area contributed by atoms with Crippen molar-refractivity contribution in [2.45, 2.75) is 40.2 Å². The zero-order valence-corrected chi connectivity index (χ0v) is 11.5. The highest BCUT2D eigenvalue weighted by Gasteiger charge is 2.18. The number of carbonyl (C=O) groups is 1. The van der Waals surface area contributed by atoms with E-state index in [1.165, 1.54) is 5.56 Å². The van der Waals surface area contributed by atoms with Gasteiger partial charge < -0.3 is 4.90 Å². The van der Waals surface area contributed by atoms with Crippen LogP contribution >= 0.6 is 0 Å². The van der Waals surface area contributed by atoms with E-state index in [1.54, 1.807) is 4.90 Å². The first-order chi connectivity index (χ1) is 8.47. The van der Waals surface area contributed by atoms with Gasteiger partial charge >= 0.3 is 0 Å². The Bertz CT molecular complexity index is 472. The second-order valence-electron chi connectivity index (χ2n) is 4.80. The van der Waals surface area contributed by atoms with E-state index < -0.39 is 0 Å². The maximum atomic E-state index is 12.4. The number of amides is 1. The molecule has 0 bridgehead atoms. The molecule has 0 N–H and O–H groups in total. The van der Waals surface area contributed by atoms with Gasteiger partial charge in [0.1, 0.15) is 0 Å². The molecule has 1 rings (SSSR count). The number of hydrogen-bond acceptors (Lipinski definition) is 2. The number of benzene rings is 1. The first-order valence-electron chi connectivity index (χ1n) is 6.22. The Kier molecular flexibility index (Phi) is 4.91. The topological polar surface area (TPSA) is 44.1 Å². The van der Waals surface area contributed by atoms with Crippen LogP contribution < -0.4 is 0 Å². The van der Waals surface area contributed by atoms with Crippen molar-refractivity contribution in [2.24, 2.45) is 0 Å². The fourth-order valence-corrected chi connectivity index (χ4v) is 1.80. The minimum atomic E-state index is 0.00310. The lowest BCUT2D eigenvalue weighted by molar-refractivity contribution is 0.0710. The average molecular weight is 244 g/mol. The van der Waals surface area contributed by atoms with Crippen molar-refractivity contribution in [1.29, 1.82) is 5.26 Å². The fourth-order valence-electron chi connectivity index (χ4n) is 1.80. The normalized spacial score (nSPS) is 10.2. The predicted octanol–water partition coefficient (Wildman–Crippen LogP) is 3.07. The van der Waals surface area contributed by atoms with Gasteiger partial charge in [-0.3, -0.25) is 4.79 Å². The summed E-state index contributed by atoms with van der Waals surface area (Å²) in [6, 6.07) is 7.92. The highest BCUT2D eigenvalue weighted by atomic mass is 16.2. The SMILES string of the molecule is Cc1ccc(C(=O)N(CCC#N)C(C)C)cc1C. The summed E-state index contributed by atoms with van der Waals surface area (Å²) in [6.07, 6.45) is 0.370. The van der Waals surface area contributed by atoms with Crippen LogP contribution in [-0.2, 0) is 0 Å². The third kappa shape index (κ3) is 3.33. The van der Waals surface area contributed by atoms with Crippen LogP contribution in [0.3, 0.4) is 0 Å². The van der Waals surface area contributed by atoms with E-state index in [4.69, 9.17) is 5.26 Å². The van der Waals surface area contributed by atoms with E-state index in [2.05, 4.69) is 6.07 Å². The van der Waals surface area contributed by atoms with Crippen LogP contribution in [0.4, 0.5) is 0 Å². The molecular weight excluding hydrogens is 224 g/mol. The number of aryl methyl sites for hydroxylation is 2. The highest BCUT2D eigenvalue weighted by molar-refractivity contribution is 5.94. The molecular formula is C15H20N2O. The summed E-state index contributed by atoms with van der Waals surface area (Å²) in [7, 11) is 0. The molecule has 0 fully saturated rings. The Morgan fingerprint density at radius 2 is 2.00 bits per heavy atom. The van der Waals surface area contributed by atoms with Crippen LogP contribution in [0.5, 0.6) is 0 Å². The van der Waals surface area contributed by atoms with Crippen molar-refractivity contribution in [1.82, 2.24) is 4.90 Å². The molecule has 0 aliphatic heterocycles. The average Bonchev–Trinajstić information content (AvgIpc) is 2.32. The zero-order valence-electron chi connectivity index (χ0n) is 11.5. The molecule has 3 nitrogen and oxygen atoms in total. The first kappa shape index (κ1) is 14.2.